The van der Waals surface area contributed by atoms with Crippen LogP contribution >= 0.6 is 0 Å². The number of carbonyl (C=O) groups excluding carboxylic acids is 1. The molecule has 0 aliphatic carbocycles. The summed E-state index contributed by atoms with van der Waals surface area (Å²) in [7, 11) is 0. The van der Waals surface area contributed by atoms with Crippen LogP contribution in [-0.2, 0) is 10.2 Å². The zero-order valence-electron chi connectivity index (χ0n) is 14.6. The van der Waals surface area contributed by atoms with Gasteiger partial charge in [-0.05, 0) is 25.0 Å². The number of nitrogens with one attached hydrogen (secondary N) is 1. The van der Waals surface area contributed by atoms with Crippen molar-refractivity contribution in [2.45, 2.75) is 52.0 Å². The zero-order chi connectivity index (χ0) is 18.2. The van der Waals surface area contributed by atoms with E-state index in [2.05, 4.69) is 29.2 Å². The van der Waals surface area contributed by atoms with Gasteiger partial charge in [-0.25, -0.2) is 4.68 Å². The maximum absolute atomic E-state index is 13.4. The first-order valence-corrected chi connectivity index (χ1v) is 8.43. The van der Waals surface area contributed by atoms with Gasteiger partial charge in [0, 0.05) is 28.8 Å². The van der Waals surface area contributed by atoms with Gasteiger partial charge in [-0.1, -0.05) is 27.2 Å². The molecular formula is C18H22F2N4O. The number of amides is 1. The van der Waals surface area contributed by atoms with E-state index in [1.165, 1.54) is 6.20 Å². The van der Waals surface area contributed by atoms with Crippen LogP contribution in [0.2, 0.25) is 0 Å². The normalized spacial score (nSPS) is 20.4. The van der Waals surface area contributed by atoms with Gasteiger partial charge in [0.2, 0.25) is 5.91 Å². The first kappa shape index (κ1) is 17.5. The Morgan fingerprint density at radius 3 is 2.88 bits per heavy atom. The minimum atomic E-state index is -2.80. The number of fused-ring (bicyclic) bond motifs is 4. The second kappa shape index (κ2) is 6.54. The first-order valence-electron chi connectivity index (χ1n) is 8.43. The van der Waals surface area contributed by atoms with E-state index in [0.29, 0.717) is 15.9 Å². The van der Waals surface area contributed by atoms with Crippen molar-refractivity contribution >= 4 is 11.6 Å². The Balaban J connectivity index is 2.19. The highest BCUT2D eigenvalue weighted by molar-refractivity contribution is 5.95. The minimum absolute atomic E-state index is 0.178. The molecule has 0 spiro atoms. The molecule has 3 heterocycles. The van der Waals surface area contributed by atoms with Crippen molar-refractivity contribution in [2.75, 3.05) is 5.32 Å². The van der Waals surface area contributed by atoms with Crippen molar-refractivity contribution in [3.05, 3.63) is 30.2 Å². The largest absolute Gasteiger partial charge is 0.333 e. The molecule has 2 aromatic heterocycles. The molecule has 7 heteroatoms. The molecular weight excluding hydrogens is 326 g/mol. The van der Waals surface area contributed by atoms with Crippen LogP contribution in [0.25, 0.3) is 11.3 Å². The van der Waals surface area contributed by atoms with E-state index in [4.69, 9.17) is 0 Å². The smallest absolute Gasteiger partial charge is 0.323 e. The molecule has 1 atom stereocenters. The zero-order valence-corrected chi connectivity index (χ0v) is 14.6. The number of aromatic nitrogens is 3. The quantitative estimate of drug-likeness (QED) is 0.832. The fourth-order valence-electron chi connectivity index (χ4n) is 3.20. The van der Waals surface area contributed by atoms with Gasteiger partial charge < -0.3 is 5.32 Å². The summed E-state index contributed by atoms with van der Waals surface area (Å²) in [6, 6.07) is 3.48. The van der Waals surface area contributed by atoms with E-state index in [-0.39, 0.29) is 22.9 Å². The molecule has 2 bridgehead atoms. The summed E-state index contributed by atoms with van der Waals surface area (Å²) in [5.41, 5.74) is 1.71. The van der Waals surface area contributed by atoms with E-state index in [1.54, 1.807) is 12.3 Å². The molecule has 0 saturated carbocycles. The highest BCUT2D eigenvalue weighted by Crippen LogP contribution is 2.36. The molecule has 0 saturated heterocycles. The Kier molecular flexibility index (Phi) is 4.58. The number of halogens is 2. The number of hydrogen-bond donors (Lipinski definition) is 1. The summed E-state index contributed by atoms with van der Waals surface area (Å²) in [5.74, 6) is -0.382. The summed E-state index contributed by atoms with van der Waals surface area (Å²) in [5, 5.41) is 6.53. The Hall–Kier alpha value is -2.31. The molecule has 134 valence electrons. The average Bonchev–Trinajstić information content (AvgIpc) is 2.97. The fourth-order valence-corrected chi connectivity index (χ4v) is 3.20. The van der Waals surface area contributed by atoms with Gasteiger partial charge in [0.15, 0.2) is 0 Å². The summed E-state index contributed by atoms with van der Waals surface area (Å²) in [6.45, 7) is 3.22. The third-order valence-corrected chi connectivity index (χ3v) is 4.85. The summed E-state index contributed by atoms with van der Waals surface area (Å²) in [6.07, 6.45) is 5.38. The number of nitrogens with zero attached hydrogens (tertiary/aromatic N) is 3. The van der Waals surface area contributed by atoms with Crippen LogP contribution in [0.1, 0.15) is 52.3 Å². The van der Waals surface area contributed by atoms with Crippen LogP contribution in [-0.4, -0.2) is 20.7 Å². The SMILES string of the molecule is CC1CCCC(C)(C)c2cc(ccn2)-c2c(cnn2C(F)F)NC1=O. The summed E-state index contributed by atoms with van der Waals surface area (Å²) < 4.78 is 27.5. The first-order chi connectivity index (χ1) is 11.8. The van der Waals surface area contributed by atoms with Crippen LogP contribution in [0.4, 0.5) is 14.5 Å². The van der Waals surface area contributed by atoms with Crippen LogP contribution < -0.4 is 5.32 Å². The maximum atomic E-state index is 13.4. The van der Waals surface area contributed by atoms with E-state index < -0.39 is 6.55 Å². The van der Waals surface area contributed by atoms with Crippen LogP contribution in [0, 0.1) is 5.92 Å². The van der Waals surface area contributed by atoms with E-state index >= 15 is 0 Å². The molecule has 1 unspecified atom stereocenters. The summed E-state index contributed by atoms with van der Waals surface area (Å²) >= 11 is 0. The molecule has 1 aliphatic heterocycles. The topological polar surface area (TPSA) is 59.8 Å². The third kappa shape index (κ3) is 3.41. The van der Waals surface area contributed by atoms with Crippen molar-refractivity contribution in [3.8, 4) is 11.3 Å². The van der Waals surface area contributed by atoms with Crippen molar-refractivity contribution in [1.82, 2.24) is 14.8 Å². The van der Waals surface area contributed by atoms with Gasteiger partial charge in [0.1, 0.15) is 0 Å². The van der Waals surface area contributed by atoms with Crippen molar-refractivity contribution in [1.29, 1.82) is 0 Å². The lowest BCUT2D eigenvalue weighted by Crippen LogP contribution is -2.23. The highest BCUT2D eigenvalue weighted by atomic mass is 19.3. The number of rotatable bonds is 1. The number of carbonyl (C=O) groups is 1. The lowest BCUT2D eigenvalue weighted by Gasteiger charge is -2.26. The molecule has 1 N–H and O–H groups in total. The second-order valence-corrected chi connectivity index (χ2v) is 7.23. The number of pyridine rings is 1. The van der Waals surface area contributed by atoms with Gasteiger partial charge in [0.25, 0.3) is 0 Å². The lowest BCUT2D eigenvalue weighted by atomic mass is 9.81. The average molecular weight is 348 g/mol. The van der Waals surface area contributed by atoms with Crippen molar-refractivity contribution < 1.29 is 13.6 Å². The third-order valence-electron chi connectivity index (χ3n) is 4.85. The second-order valence-electron chi connectivity index (χ2n) is 7.23. The van der Waals surface area contributed by atoms with Gasteiger partial charge in [-0.2, -0.15) is 13.9 Å². The Labute approximate surface area is 145 Å². The molecule has 3 rings (SSSR count). The number of hydrogen-bond acceptors (Lipinski definition) is 3. The van der Waals surface area contributed by atoms with Gasteiger partial charge in [0.05, 0.1) is 17.6 Å². The molecule has 2 aromatic rings. The van der Waals surface area contributed by atoms with Gasteiger partial charge >= 0.3 is 6.55 Å². The highest BCUT2D eigenvalue weighted by Gasteiger charge is 2.27. The van der Waals surface area contributed by atoms with E-state index in [0.717, 1.165) is 25.0 Å². The molecule has 1 aliphatic rings. The fraction of sp³-hybridized carbons (Fsp3) is 0.500. The van der Waals surface area contributed by atoms with Crippen LogP contribution in [0.5, 0.6) is 0 Å². The maximum Gasteiger partial charge on any atom is 0.333 e. The monoisotopic (exact) mass is 348 g/mol. The molecule has 5 nitrogen and oxygen atoms in total. The molecule has 0 fully saturated rings. The van der Waals surface area contributed by atoms with Gasteiger partial charge in [-0.3, -0.25) is 9.78 Å². The minimum Gasteiger partial charge on any atom is -0.323 e. The Bertz CT molecular complexity index is 785. The standard InChI is InChI=1S/C18H22F2N4O/c1-11-5-4-7-18(2,3)14-9-12(6-8-21-14)15-13(23-16(11)25)10-22-24(15)17(19)20/h6,8-11,17H,4-5,7H2,1-3H3,(H,23,25). The van der Waals surface area contributed by atoms with Crippen LogP contribution in [0.15, 0.2) is 24.5 Å². The van der Waals surface area contributed by atoms with Crippen molar-refractivity contribution in [3.63, 3.8) is 0 Å². The predicted octanol–water partition coefficient (Wildman–Crippen LogP) is 4.38. The molecule has 0 aromatic carbocycles. The summed E-state index contributed by atoms with van der Waals surface area (Å²) in [4.78, 5) is 16.9. The Morgan fingerprint density at radius 1 is 1.40 bits per heavy atom. The van der Waals surface area contributed by atoms with Crippen LogP contribution in [0.3, 0.4) is 0 Å². The molecule has 25 heavy (non-hydrogen) atoms. The lowest BCUT2D eigenvalue weighted by molar-refractivity contribution is -0.119. The number of anilines is 1. The molecule has 0 radical (unpaired) electrons. The number of alkyl halides is 2. The van der Waals surface area contributed by atoms with Gasteiger partial charge in [-0.15, -0.1) is 0 Å². The predicted molar refractivity (Wildman–Crippen MR) is 91.4 cm³/mol. The van der Waals surface area contributed by atoms with E-state index in [1.807, 2.05) is 13.0 Å². The van der Waals surface area contributed by atoms with Crippen molar-refractivity contribution in [2.24, 2.45) is 5.92 Å². The van der Waals surface area contributed by atoms with E-state index in [9.17, 15) is 13.6 Å². The Morgan fingerprint density at radius 2 is 2.16 bits per heavy atom. The molecule has 1 amide bonds.